The lowest BCUT2D eigenvalue weighted by atomic mass is 9.71. The van der Waals surface area contributed by atoms with Crippen LogP contribution < -0.4 is 5.32 Å². The van der Waals surface area contributed by atoms with Crippen LogP contribution in [0.15, 0.2) is 6.07 Å². The van der Waals surface area contributed by atoms with Crippen LogP contribution in [0.4, 0.5) is 0 Å². The Bertz CT molecular complexity index is 503. The van der Waals surface area contributed by atoms with Gasteiger partial charge < -0.3 is 5.32 Å². The van der Waals surface area contributed by atoms with Gasteiger partial charge in [0.25, 0.3) is 0 Å². The molecule has 5 atom stereocenters. The van der Waals surface area contributed by atoms with Gasteiger partial charge in [-0.05, 0) is 80.2 Å². The van der Waals surface area contributed by atoms with E-state index in [9.17, 15) is 0 Å². The van der Waals surface area contributed by atoms with E-state index in [1.54, 1.807) is 0 Å². The second-order valence-electron chi connectivity index (χ2n) is 7.17. The maximum Gasteiger partial charge on any atom is 0.0353 e. The fourth-order valence-corrected chi connectivity index (χ4v) is 3.76. The predicted octanol–water partition coefficient (Wildman–Crippen LogP) is 4.86. The fourth-order valence-electron chi connectivity index (χ4n) is 3.76. The smallest absolute Gasteiger partial charge is 0.0353 e. The summed E-state index contributed by atoms with van der Waals surface area (Å²) >= 11 is 0. The van der Waals surface area contributed by atoms with E-state index in [0.29, 0.717) is 18.0 Å². The summed E-state index contributed by atoms with van der Waals surface area (Å²) < 4.78 is 0. The number of aryl methyl sites for hydroxylation is 1. The van der Waals surface area contributed by atoms with Gasteiger partial charge in [0.15, 0.2) is 0 Å². The molecule has 0 amide bonds. The number of hydrogen-bond acceptors (Lipinski definition) is 1. The lowest BCUT2D eigenvalue weighted by Gasteiger charge is -2.44. The van der Waals surface area contributed by atoms with Crippen molar-refractivity contribution in [3.8, 4) is 0 Å². The number of nitrogens with one attached hydrogen (secondary N) is 1. The van der Waals surface area contributed by atoms with E-state index in [1.165, 1.54) is 27.8 Å². The van der Waals surface area contributed by atoms with Crippen LogP contribution >= 0.6 is 0 Å². The van der Waals surface area contributed by atoms with Crippen LogP contribution in [-0.2, 0) is 0 Å². The maximum absolute atomic E-state index is 3.88. The molecule has 0 bridgehead atoms. The van der Waals surface area contributed by atoms with E-state index >= 15 is 0 Å². The number of piperidine rings is 1. The highest BCUT2D eigenvalue weighted by Gasteiger charge is 2.37. The van der Waals surface area contributed by atoms with E-state index in [1.807, 2.05) is 0 Å². The summed E-state index contributed by atoms with van der Waals surface area (Å²) in [6.45, 7) is 18.6. The van der Waals surface area contributed by atoms with Crippen LogP contribution in [-0.4, -0.2) is 6.04 Å². The molecule has 1 fully saturated rings. The van der Waals surface area contributed by atoms with Crippen molar-refractivity contribution >= 4 is 0 Å². The largest absolute Gasteiger partial charge is 0.307 e. The van der Waals surface area contributed by atoms with Gasteiger partial charge in [-0.1, -0.05) is 26.8 Å². The van der Waals surface area contributed by atoms with Gasteiger partial charge in [0.05, 0.1) is 0 Å². The summed E-state index contributed by atoms with van der Waals surface area (Å²) in [5.41, 5.74) is 7.34. The van der Waals surface area contributed by atoms with Gasteiger partial charge >= 0.3 is 0 Å². The summed E-state index contributed by atoms with van der Waals surface area (Å²) in [7, 11) is 0. The first-order valence-corrected chi connectivity index (χ1v) is 8.09. The van der Waals surface area contributed by atoms with Crippen molar-refractivity contribution in [3.63, 3.8) is 0 Å². The Morgan fingerprint density at radius 2 is 1.35 bits per heavy atom. The molecule has 1 aliphatic rings. The quantitative estimate of drug-likeness (QED) is 0.770. The number of rotatable bonds is 1. The first kappa shape index (κ1) is 15.6. The van der Waals surface area contributed by atoms with Crippen molar-refractivity contribution in [1.82, 2.24) is 5.32 Å². The second-order valence-corrected chi connectivity index (χ2v) is 7.17. The van der Waals surface area contributed by atoms with Crippen molar-refractivity contribution < 1.29 is 0 Å². The van der Waals surface area contributed by atoms with Crippen LogP contribution in [0.5, 0.6) is 0 Å². The average molecular weight is 273 g/mol. The predicted molar refractivity (Wildman–Crippen MR) is 88.2 cm³/mol. The Labute approximate surface area is 125 Å². The van der Waals surface area contributed by atoms with Gasteiger partial charge in [-0.15, -0.1) is 0 Å². The molecule has 1 heterocycles. The van der Waals surface area contributed by atoms with Gasteiger partial charge in [-0.25, -0.2) is 0 Å². The Morgan fingerprint density at radius 3 is 1.95 bits per heavy atom. The Balaban J connectivity index is 2.46. The number of benzene rings is 1. The SMILES string of the molecule is Cc1cc(C2NC(C)C(C)C(C)C2C)c(C)c(C)c1C. The molecule has 2 rings (SSSR count). The molecule has 1 heteroatoms. The molecule has 0 saturated carbocycles. The van der Waals surface area contributed by atoms with Crippen molar-refractivity contribution in [2.75, 3.05) is 0 Å². The third-order valence-electron chi connectivity index (χ3n) is 6.27. The lowest BCUT2D eigenvalue weighted by Crippen LogP contribution is -2.48. The summed E-state index contributed by atoms with van der Waals surface area (Å²) in [6.07, 6.45) is 0. The molecule has 0 radical (unpaired) electrons. The van der Waals surface area contributed by atoms with Crippen LogP contribution in [0.3, 0.4) is 0 Å². The number of hydrogen-bond donors (Lipinski definition) is 1. The van der Waals surface area contributed by atoms with Crippen molar-refractivity contribution in [1.29, 1.82) is 0 Å². The van der Waals surface area contributed by atoms with Gasteiger partial charge in [-0.2, -0.15) is 0 Å². The zero-order chi connectivity index (χ0) is 15.2. The van der Waals surface area contributed by atoms with Gasteiger partial charge in [0.2, 0.25) is 0 Å². The third kappa shape index (κ3) is 2.41. The topological polar surface area (TPSA) is 12.0 Å². The van der Waals surface area contributed by atoms with Crippen LogP contribution in [0.2, 0.25) is 0 Å². The van der Waals surface area contributed by atoms with Gasteiger partial charge in [0.1, 0.15) is 0 Å². The van der Waals surface area contributed by atoms with Crippen molar-refractivity contribution in [3.05, 3.63) is 33.9 Å². The minimum Gasteiger partial charge on any atom is -0.307 e. The first-order chi connectivity index (χ1) is 9.25. The molecule has 0 spiro atoms. The molecule has 1 N–H and O–H groups in total. The summed E-state index contributed by atoms with van der Waals surface area (Å²) in [5, 5.41) is 3.88. The second kappa shape index (κ2) is 5.52. The normalized spacial score (nSPS) is 34.3. The summed E-state index contributed by atoms with van der Waals surface area (Å²) in [6, 6.07) is 3.50. The van der Waals surface area contributed by atoms with E-state index in [2.05, 4.69) is 66.8 Å². The Hall–Kier alpha value is -0.820. The Morgan fingerprint density at radius 1 is 0.750 bits per heavy atom. The van der Waals surface area contributed by atoms with Crippen molar-refractivity contribution in [2.45, 2.75) is 67.5 Å². The Kier molecular flexibility index (Phi) is 4.30. The molecular weight excluding hydrogens is 242 g/mol. The van der Waals surface area contributed by atoms with E-state index in [-0.39, 0.29) is 0 Å². The van der Waals surface area contributed by atoms with Gasteiger partial charge in [-0.3, -0.25) is 0 Å². The molecule has 112 valence electrons. The summed E-state index contributed by atoms with van der Waals surface area (Å²) in [5.74, 6) is 2.19. The molecule has 0 aromatic heterocycles. The third-order valence-corrected chi connectivity index (χ3v) is 6.27. The van der Waals surface area contributed by atoms with Gasteiger partial charge in [0, 0.05) is 12.1 Å². The molecule has 1 aromatic rings. The monoisotopic (exact) mass is 273 g/mol. The molecular formula is C19H31N. The highest BCUT2D eigenvalue weighted by Crippen LogP contribution is 2.40. The molecule has 5 unspecified atom stereocenters. The lowest BCUT2D eigenvalue weighted by molar-refractivity contribution is 0.118. The van der Waals surface area contributed by atoms with E-state index in [4.69, 9.17) is 0 Å². The minimum atomic E-state index is 0.495. The molecule has 1 aromatic carbocycles. The van der Waals surface area contributed by atoms with E-state index < -0.39 is 0 Å². The van der Waals surface area contributed by atoms with Crippen molar-refractivity contribution in [2.24, 2.45) is 17.8 Å². The standard InChI is InChI=1S/C19H31N/c1-10-9-18(15(6)12(3)11(10)2)19-16(7)13(4)14(5)17(8)20-19/h9,13-14,16-17,19-20H,1-8H3. The zero-order valence-corrected chi connectivity index (χ0v) is 14.5. The molecule has 0 aliphatic carbocycles. The fraction of sp³-hybridized carbons (Fsp3) is 0.684. The average Bonchev–Trinajstić information content (AvgIpc) is 2.42. The van der Waals surface area contributed by atoms with Crippen LogP contribution in [0, 0.1) is 45.4 Å². The molecule has 20 heavy (non-hydrogen) atoms. The molecule has 1 aliphatic heterocycles. The summed E-state index contributed by atoms with van der Waals surface area (Å²) in [4.78, 5) is 0. The van der Waals surface area contributed by atoms with E-state index in [0.717, 1.165) is 11.8 Å². The van der Waals surface area contributed by atoms with Crippen LogP contribution in [0.25, 0.3) is 0 Å². The molecule has 1 nitrogen and oxygen atoms in total. The zero-order valence-electron chi connectivity index (χ0n) is 14.5. The molecule has 1 saturated heterocycles. The highest BCUT2D eigenvalue weighted by molar-refractivity contribution is 5.45. The highest BCUT2D eigenvalue weighted by atomic mass is 15.0. The first-order valence-electron chi connectivity index (χ1n) is 8.09. The minimum absolute atomic E-state index is 0.495. The van der Waals surface area contributed by atoms with Crippen LogP contribution in [0.1, 0.15) is 61.6 Å². The maximum atomic E-state index is 3.88.